The van der Waals surface area contributed by atoms with Crippen molar-refractivity contribution in [3.05, 3.63) is 34.9 Å². The summed E-state index contributed by atoms with van der Waals surface area (Å²) in [6.07, 6.45) is -0.899. The van der Waals surface area contributed by atoms with Gasteiger partial charge in [0, 0.05) is 17.2 Å². The van der Waals surface area contributed by atoms with Crippen molar-refractivity contribution < 1.29 is 9.84 Å². The Morgan fingerprint density at radius 2 is 2.07 bits per heavy atom. The van der Waals surface area contributed by atoms with Crippen LogP contribution < -0.4 is 0 Å². The molecular weight excluding hydrogens is 200 g/mol. The van der Waals surface area contributed by atoms with Crippen LogP contribution in [0.1, 0.15) is 25.5 Å². The first-order valence-electron chi connectivity index (χ1n) is 4.71. The Morgan fingerprint density at radius 1 is 1.43 bits per heavy atom. The average Bonchev–Trinajstić information content (AvgIpc) is 2.18. The fourth-order valence-electron chi connectivity index (χ4n) is 1.32. The Labute approximate surface area is 89.5 Å². The predicted molar refractivity (Wildman–Crippen MR) is 57.5 cm³/mol. The lowest BCUT2D eigenvalue weighted by Crippen LogP contribution is -2.18. The standard InChI is InChI=1S/C11H15ClO2/c1-3-14-8(2)11(13)9-6-4-5-7-10(9)12/h4-8,11,13H,3H2,1-2H3. The molecule has 0 aliphatic carbocycles. The fraction of sp³-hybridized carbons (Fsp3) is 0.455. The van der Waals surface area contributed by atoms with Crippen LogP contribution >= 0.6 is 11.6 Å². The Hall–Kier alpha value is -0.570. The summed E-state index contributed by atoms with van der Waals surface area (Å²) in [6, 6.07) is 7.26. The van der Waals surface area contributed by atoms with E-state index < -0.39 is 6.10 Å². The van der Waals surface area contributed by atoms with Gasteiger partial charge in [0.1, 0.15) is 6.10 Å². The maximum Gasteiger partial charge on any atom is 0.106 e. The number of halogens is 1. The molecule has 0 aromatic heterocycles. The van der Waals surface area contributed by atoms with Crippen LogP contribution in [0, 0.1) is 0 Å². The SMILES string of the molecule is CCOC(C)C(O)c1ccccc1Cl. The van der Waals surface area contributed by atoms with E-state index in [1.165, 1.54) is 0 Å². The van der Waals surface area contributed by atoms with Crippen molar-refractivity contribution in [1.29, 1.82) is 0 Å². The maximum atomic E-state index is 9.89. The van der Waals surface area contributed by atoms with Gasteiger partial charge < -0.3 is 9.84 Å². The van der Waals surface area contributed by atoms with E-state index >= 15 is 0 Å². The molecule has 3 heteroatoms. The molecule has 1 aromatic carbocycles. The van der Waals surface area contributed by atoms with E-state index in [1.807, 2.05) is 32.0 Å². The van der Waals surface area contributed by atoms with Gasteiger partial charge in [-0.3, -0.25) is 0 Å². The molecule has 0 aliphatic rings. The van der Waals surface area contributed by atoms with Gasteiger partial charge in [0.2, 0.25) is 0 Å². The van der Waals surface area contributed by atoms with Gasteiger partial charge in [0.25, 0.3) is 0 Å². The molecule has 2 unspecified atom stereocenters. The van der Waals surface area contributed by atoms with Gasteiger partial charge in [-0.15, -0.1) is 0 Å². The molecule has 78 valence electrons. The highest BCUT2D eigenvalue weighted by atomic mass is 35.5. The first-order valence-corrected chi connectivity index (χ1v) is 5.08. The third-order valence-corrected chi connectivity index (χ3v) is 2.44. The number of hydrogen-bond acceptors (Lipinski definition) is 2. The highest BCUT2D eigenvalue weighted by molar-refractivity contribution is 6.31. The lowest BCUT2D eigenvalue weighted by atomic mass is 10.1. The van der Waals surface area contributed by atoms with Crippen LogP contribution in [-0.2, 0) is 4.74 Å². The third kappa shape index (κ3) is 2.71. The van der Waals surface area contributed by atoms with E-state index in [0.29, 0.717) is 11.6 Å². The summed E-state index contributed by atoms with van der Waals surface area (Å²) in [5.41, 5.74) is 0.718. The molecule has 0 saturated carbocycles. The van der Waals surface area contributed by atoms with Crippen LogP contribution in [0.4, 0.5) is 0 Å². The lowest BCUT2D eigenvalue weighted by Gasteiger charge is -2.19. The van der Waals surface area contributed by atoms with Gasteiger partial charge in [-0.2, -0.15) is 0 Å². The minimum absolute atomic E-state index is 0.236. The number of rotatable bonds is 4. The molecule has 0 bridgehead atoms. The smallest absolute Gasteiger partial charge is 0.106 e. The molecule has 0 radical (unpaired) electrons. The van der Waals surface area contributed by atoms with Crippen LogP contribution in [-0.4, -0.2) is 17.8 Å². The van der Waals surface area contributed by atoms with Crippen molar-refractivity contribution in [3.63, 3.8) is 0 Å². The van der Waals surface area contributed by atoms with Crippen LogP contribution in [0.3, 0.4) is 0 Å². The van der Waals surface area contributed by atoms with Crippen molar-refractivity contribution >= 4 is 11.6 Å². The molecule has 2 atom stereocenters. The molecule has 1 aromatic rings. The Kier molecular flexibility index (Phi) is 4.39. The fourth-order valence-corrected chi connectivity index (χ4v) is 1.57. The molecule has 0 fully saturated rings. The van der Waals surface area contributed by atoms with Crippen molar-refractivity contribution in [2.24, 2.45) is 0 Å². The molecule has 14 heavy (non-hydrogen) atoms. The van der Waals surface area contributed by atoms with Gasteiger partial charge in [-0.25, -0.2) is 0 Å². The van der Waals surface area contributed by atoms with Gasteiger partial charge >= 0.3 is 0 Å². The molecule has 0 spiro atoms. The minimum atomic E-state index is -0.663. The van der Waals surface area contributed by atoms with E-state index in [4.69, 9.17) is 16.3 Å². The van der Waals surface area contributed by atoms with Gasteiger partial charge in [-0.05, 0) is 19.9 Å². The summed E-state index contributed by atoms with van der Waals surface area (Å²) < 4.78 is 5.30. The van der Waals surface area contributed by atoms with Crippen LogP contribution in [0.25, 0.3) is 0 Å². The minimum Gasteiger partial charge on any atom is -0.386 e. The summed E-state index contributed by atoms with van der Waals surface area (Å²) in [6.45, 7) is 4.32. The van der Waals surface area contributed by atoms with Gasteiger partial charge in [0.15, 0.2) is 0 Å². The molecule has 2 nitrogen and oxygen atoms in total. The largest absolute Gasteiger partial charge is 0.386 e. The summed E-state index contributed by atoms with van der Waals surface area (Å²) in [5.74, 6) is 0. The van der Waals surface area contributed by atoms with Gasteiger partial charge in [-0.1, -0.05) is 29.8 Å². The zero-order chi connectivity index (χ0) is 10.6. The Morgan fingerprint density at radius 3 is 2.64 bits per heavy atom. The Balaban J connectivity index is 2.78. The second-order valence-corrected chi connectivity index (χ2v) is 3.53. The molecule has 0 amide bonds. The molecule has 0 aliphatic heterocycles. The van der Waals surface area contributed by atoms with Gasteiger partial charge in [0.05, 0.1) is 6.10 Å². The summed E-state index contributed by atoms with van der Waals surface area (Å²) >= 11 is 5.95. The third-order valence-electron chi connectivity index (χ3n) is 2.10. The number of benzene rings is 1. The predicted octanol–water partition coefficient (Wildman–Crippen LogP) is 2.80. The average molecular weight is 215 g/mol. The Bertz CT molecular complexity index is 288. The zero-order valence-electron chi connectivity index (χ0n) is 8.40. The topological polar surface area (TPSA) is 29.5 Å². The first-order chi connectivity index (χ1) is 6.66. The van der Waals surface area contributed by atoms with E-state index in [9.17, 15) is 5.11 Å². The second-order valence-electron chi connectivity index (χ2n) is 3.13. The van der Waals surface area contributed by atoms with Crippen LogP contribution in [0.15, 0.2) is 24.3 Å². The van der Waals surface area contributed by atoms with Crippen molar-refractivity contribution in [3.8, 4) is 0 Å². The molecular formula is C11H15ClO2. The lowest BCUT2D eigenvalue weighted by molar-refractivity contribution is -0.0227. The molecule has 0 saturated heterocycles. The highest BCUT2D eigenvalue weighted by Crippen LogP contribution is 2.25. The number of aliphatic hydroxyl groups excluding tert-OH is 1. The number of aliphatic hydroxyl groups is 1. The molecule has 0 heterocycles. The van der Waals surface area contributed by atoms with Crippen molar-refractivity contribution in [2.45, 2.75) is 26.1 Å². The van der Waals surface area contributed by atoms with E-state index in [0.717, 1.165) is 5.56 Å². The van der Waals surface area contributed by atoms with E-state index in [2.05, 4.69) is 0 Å². The zero-order valence-corrected chi connectivity index (χ0v) is 9.16. The maximum absolute atomic E-state index is 9.89. The van der Waals surface area contributed by atoms with Crippen molar-refractivity contribution in [1.82, 2.24) is 0 Å². The highest BCUT2D eigenvalue weighted by Gasteiger charge is 2.18. The summed E-state index contributed by atoms with van der Waals surface area (Å²) in [4.78, 5) is 0. The summed E-state index contributed by atoms with van der Waals surface area (Å²) in [5, 5.41) is 10.5. The number of ether oxygens (including phenoxy) is 1. The normalized spacial score (nSPS) is 15.1. The van der Waals surface area contributed by atoms with Crippen molar-refractivity contribution in [2.75, 3.05) is 6.61 Å². The monoisotopic (exact) mass is 214 g/mol. The summed E-state index contributed by atoms with van der Waals surface area (Å²) in [7, 11) is 0. The molecule has 1 N–H and O–H groups in total. The number of hydrogen-bond donors (Lipinski definition) is 1. The van der Waals surface area contributed by atoms with E-state index in [1.54, 1.807) is 6.07 Å². The molecule has 1 rings (SSSR count). The quantitative estimate of drug-likeness (QED) is 0.835. The van der Waals surface area contributed by atoms with E-state index in [-0.39, 0.29) is 6.10 Å². The van der Waals surface area contributed by atoms with Crippen LogP contribution in [0.5, 0.6) is 0 Å². The van der Waals surface area contributed by atoms with Crippen LogP contribution in [0.2, 0.25) is 5.02 Å². The second kappa shape index (κ2) is 5.35. The first kappa shape index (κ1) is 11.5.